The Morgan fingerprint density at radius 3 is 0.863 bits per heavy atom. The number of unbranched alkanes of at least 4 members (excludes halogenated alkanes) is 43. The van der Waals surface area contributed by atoms with E-state index >= 15 is 0 Å². The lowest BCUT2D eigenvalue weighted by molar-refractivity contribution is -0.161. The number of ether oxygens (including phenoxy) is 4. The van der Waals surface area contributed by atoms with Crippen LogP contribution in [0.4, 0.5) is 0 Å². The van der Waals surface area contributed by atoms with E-state index in [0.717, 1.165) is 115 Å². The van der Waals surface area contributed by atoms with Crippen molar-refractivity contribution in [3.05, 3.63) is 24.3 Å². The van der Waals surface area contributed by atoms with Gasteiger partial charge in [0, 0.05) is 25.7 Å². The number of phosphoric ester groups is 2. The van der Waals surface area contributed by atoms with Gasteiger partial charge in [0.2, 0.25) is 0 Å². The van der Waals surface area contributed by atoms with Crippen molar-refractivity contribution in [3.8, 4) is 0 Å². The van der Waals surface area contributed by atoms with Crippen molar-refractivity contribution in [3.63, 3.8) is 0 Å². The van der Waals surface area contributed by atoms with Crippen molar-refractivity contribution in [1.82, 2.24) is 0 Å². The topological polar surface area (TPSA) is 237 Å². The maximum Gasteiger partial charge on any atom is 0.472 e. The Morgan fingerprint density at radius 2 is 0.568 bits per heavy atom. The molecule has 3 N–H and O–H groups in total. The molecule has 2 unspecified atom stereocenters. The summed E-state index contributed by atoms with van der Waals surface area (Å²) in [5.74, 6) is -1.34. The summed E-state index contributed by atoms with van der Waals surface area (Å²) < 4.78 is 68.5. The second-order valence-electron chi connectivity index (χ2n) is 27.2. The Balaban J connectivity index is 5.27. The highest BCUT2D eigenvalue weighted by atomic mass is 31.2. The highest BCUT2D eigenvalue weighted by Crippen LogP contribution is 2.45. The predicted octanol–water partition coefficient (Wildman–Crippen LogP) is 22.0. The molecule has 0 aliphatic carbocycles. The van der Waals surface area contributed by atoms with Crippen molar-refractivity contribution in [2.45, 2.75) is 393 Å². The zero-order valence-electron chi connectivity index (χ0n) is 61.3. The molecule has 0 aromatic heterocycles. The summed E-state index contributed by atoms with van der Waals surface area (Å²) in [4.78, 5) is 72.7. The second kappa shape index (κ2) is 68.7. The summed E-state index contributed by atoms with van der Waals surface area (Å²) in [6.07, 6.45) is 60.3. The van der Waals surface area contributed by atoms with Gasteiger partial charge >= 0.3 is 39.5 Å². The fourth-order valence-electron chi connectivity index (χ4n) is 11.2. The standard InChI is InChI=1S/C76H144O17P2/c1-6-9-12-15-18-21-24-26-28-32-36-40-45-50-55-60-74(79)87-66-72(93-76(81)62-57-52-47-42-37-33-30-27-29-31-34-38-43-48-53-58-69(4)5)68-91-95(84,85)89-64-70(77)63-88-94(82,83)90-67-71(65-86-73(78)59-54-49-44-39-23-20-17-14-11-8-3)92-75(80)61-56-51-46-41-35-25-22-19-16-13-10-7-2/h21,24,26,28,69-72,77H,6-20,22-23,25,27,29-68H2,1-5H3,(H,82,83)(H,84,85)/b24-21-,28-26-/t70-,71+,72+/m0/s1. The average Bonchev–Trinajstić information content (AvgIpc) is 3.75. The van der Waals surface area contributed by atoms with Crippen molar-refractivity contribution in [1.29, 1.82) is 0 Å². The molecule has 95 heavy (non-hydrogen) atoms. The van der Waals surface area contributed by atoms with Crippen LogP contribution in [-0.2, 0) is 65.4 Å². The third kappa shape index (κ3) is 69.8. The van der Waals surface area contributed by atoms with E-state index in [2.05, 4.69) is 58.9 Å². The molecule has 560 valence electrons. The Hall–Kier alpha value is -2.46. The van der Waals surface area contributed by atoms with Gasteiger partial charge in [-0.15, -0.1) is 0 Å². The van der Waals surface area contributed by atoms with Crippen LogP contribution in [0.25, 0.3) is 0 Å². The maximum atomic E-state index is 13.1. The molecular weight excluding hydrogens is 1250 g/mol. The van der Waals surface area contributed by atoms with E-state index in [1.165, 1.54) is 180 Å². The van der Waals surface area contributed by atoms with Crippen LogP contribution in [-0.4, -0.2) is 96.7 Å². The van der Waals surface area contributed by atoms with Gasteiger partial charge in [0.25, 0.3) is 0 Å². The fraction of sp³-hybridized carbons (Fsp3) is 0.895. The van der Waals surface area contributed by atoms with Crippen LogP contribution in [0.15, 0.2) is 24.3 Å². The normalized spacial score (nSPS) is 14.1. The first kappa shape index (κ1) is 92.5. The maximum absolute atomic E-state index is 13.1. The molecule has 0 spiro atoms. The van der Waals surface area contributed by atoms with Crippen molar-refractivity contribution in [2.24, 2.45) is 5.92 Å². The van der Waals surface area contributed by atoms with E-state index in [1.807, 2.05) is 0 Å². The summed E-state index contributed by atoms with van der Waals surface area (Å²) in [6, 6.07) is 0. The van der Waals surface area contributed by atoms with Crippen LogP contribution in [0.2, 0.25) is 0 Å². The molecule has 0 saturated carbocycles. The van der Waals surface area contributed by atoms with E-state index in [4.69, 9.17) is 37.0 Å². The van der Waals surface area contributed by atoms with Crippen LogP contribution in [0.5, 0.6) is 0 Å². The smallest absolute Gasteiger partial charge is 0.462 e. The van der Waals surface area contributed by atoms with Crippen molar-refractivity contribution < 1.29 is 80.2 Å². The molecule has 0 radical (unpaired) electrons. The summed E-state index contributed by atoms with van der Waals surface area (Å²) in [5.41, 5.74) is 0. The number of carbonyl (C=O) groups excluding carboxylic acids is 4. The molecule has 0 aromatic carbocycles. The number of hydrogen-bond donors (Lipinski definition) is 3. The lowest BCUT2D eigenvalue weighted by Gasteiger charge is -2.21. The van der Waals surface area contributed by atoms with Gasteiger partial charge in [-0.1, -0.05) is 322 Å². The largest absolute Gasteiger partial charge is 0.472 e. The Kier molecular flexibility index (Phi) is 66.9. The quantitative estimate of drug-likeness (QED) is 0.0169. The number of aliphatic hydroxyl groups excluding tert-OH is 1. The SMILES string of the molecule is CCCCCC/C=C\C=C/CCCCCCCC(=O)OC[C@H](COP(=O)(O)OC[C@@H](O)COP(=O)(O)OC[C@@H](COC(=O)CCCCCCCCCCCC)OC(=O)CCCCCCCCCCCCCC)OC(=O)CCCCCCCCCCCCCCCCCC(C)C. The number of hydrogen-bond acceptors (Lipinski definition) is 15. The lowest BCUT2D eigenvalue weighted by atomic mass is 10.0. The first-order valence-corrected chi connectivity index (χ1v) is 41.9. The van der Waals surface area contributed by atoms with Crippen LogP contribution in [0.3, 0.4) is 0 Å². The van der Waals surface area contributed by atoms with Crippen molar-refractivity contribution >= 4 is 39.5 Å². The summed E-state index contributed by atoms with van der Waals surface area (Å²) in [7, 11) is -9.92. The van der Waals surface area contributed by atoms with Gasteiger partial charge in [-0.2, -0.15) is 0 Å². The summed E-state index contributed by atoms with van der Waals surface area (Å²) in [5, 5.41) is 10.6. The molecular formula is C76H144O17P2. The van der Waals surface area contributed by atoms with Gasteiger partial charge in [-0.3, -0.25) is 37.3 Å². The monoisotopic (exact) mass is 1390 g/mol. The zero-order valence-corrected chi connectivity index (χ0v) is 63.1. The van der Waals surface area contributed by atoms with Gasteiger partial charge in [0.15, 0.2) is 12.2 Å². The third-order valence-corrected chi connectivity index (χ3v) is 19.1. The molecule has 5 atom stereocenters. The first-order valence-electron chi connectivity index (χ1n) is 39.0. The van der Waals surface area contributed by atoms with Crippen LogP contribution in [0, 0.1) is 5.92 Å². The lowest BCUT2D eigenvalue weighted by Crippen LogP contribution is -2.30. The van der Waals surface area contributed by atoms with E-state index in [0.29, 0.717) is 25.7 Å². The molecule has 0 saturated heterocycles. The van der Waals surface area contributed by atoms with Crippen LogP contribution in [0.1, 0.15) is 375 Å². The average molecular weight is 1390 g/mol. The number of carbonyl (C=O) groups is 4. The minimum atomic E-state index is -4.96. The summed E-state index contributed by atoms with van der Waals surface area (Å²) >= 11 is 0. The highest BCUT2D eigenvalue weighted by molar-refractivity contribution is 7.47. The Labute approximate surface area is 580 Å². The molecule has 0 aliphatic rings. The zero-order chi connectivity index (χ0) is 69.8. The van der Waals surface area contributed by atoms with Gasteiger partial charge in [-0.25, -0.2) is 9.13 Å². The molecule has 0 amide bonds. The van der Waals surface area contributed by atoms with E-state index in [1.54, 1.807) is 0 Å². The number of allylic oxidation sites excluding steroid dienone is 4. The molecule has 17 nitrogen and oxygen atoms in total. The molecule has 0 aromatic rings. The third-order valence-electron chi connectivity index (χ3n) is 17.2. The van der Waals surface area contributed by atoms with Crippen LogP contribution < -0.4 is 0 Å². The molecule has 0 aliphatic heterocycles. The Bertz CT molecular complexity index is 1920. The van der Waals surface area contributed by atoms with Gasteiger partial charge in [-0.05, 0) is 57.3 Å². The van der Waals surface area contributed by atoms with Gasteiger partial charge in [0.1, 0.15) is 19.3 Å². The Morgan fingerprint density at radius 1 is 0.326 bits per heavy atom. The van der Waals surface area contributed by atoms with E-state index < -0.39 is 97.5 Å². The molecule has 0 bridgehead atoms. The number of rotatable bonds is 74. The predicted molar refractivity (Wildman–Crippen MR) is 386 cm³/mol. The fourth-order valence-corrected chi connectivity index (χ4v) is 12.7. The first-order chi connectivity index (χ1) is 46.0. The van der Waals surface area contributed by atoms with Gasteiger partial charge in [0.05, 0.1) is 26.4 Å². The van der Waals surface area contributed by atoms with E-state index in [9.17, 15) is 43.2 Å². The van der Waals surface area contributed by atoms with Crippen molar-refractivity contribution in [2.75, 3.05) is 39.6 Å². The highest BCUT2D eigenvalue weighted by Gasteiger charge is 2.30. The molecule has 0 fully saturated rings. The number of esters is 4. The number of aliphatic hydroxyl groups is 1. The van der Waals surface area contributed by atoms with E-state index in [-0.39, 0.29) is 25.7 Å². The van der Waals surface area contributed by atoms with Gasteiger partial charge < -0.3 is 33.8 Å². The van der Waals surface area contributed by atoms with Crippen LogP contribution >= 0.6 is 15.6 Å². The minimum absolute atomic E-state index is 0.101. The molecule has 0 heterocycles. The second-order valence-corrected chi connectivity index (χ2v) is 30.1. The molecule has 19 heteroatoms. The number of phosphoric acid groups is 2. The summed E-state index contributed by atoms with van der Waals surface area (Å²) in [6.45, 7) is 7.24. The minimum Gasteiger partial charge on any atom is -0.462 e. The molecule has 0 rings (SSSR count).